The van der Waals surface area contributed by atoms with Gasteiger partial charge in [-0.15, -0.1) is 0 Å². The fourth-order valence-electron chi connectivity index (χ4n) is 3.97. The van der Waals surface area contributed by atoms with Crippen LogP contribution in [0.15, 0.2) is 29.3 Å². The molecule has 1 saturated heterocycles. The Bertz CT molecular complexity index is 667. The van der Waals surface area contributed by atoms with E-state index in [9.17, 15) is 4.79 Å². The van der Waals surface area contributed by atoms with Crippen LogP contribution in [0, 0.1) is 0 Å². The van der Waals surface area contributed by atoms with Crippen molar-refractivity contribution < 1.29 is 9.53 Å². The quantitative estimate of drug-likeness (QED) is 0.478. The van der Waals surface area contributed by atoms with Crippen LogP contribution in [-0.2, 0) is 22.6 Å². The van der Waals surface area contributed by atoms with Crippen molar-refractivity contribution in [2.45, 2.75) is 51.2 Å². The van der Waals surface area contributed by atoms with E-state index in [2.05, 4.69) is 50.1 Å². The molecular weight excluding hydrogens is 366 g/mol. The van der Waals surface area contributed by atoms with Crippen molar-refractivity contribution >= 4 is 11.9 Å². The summed E-state index contributed by atoms with van der Waals surface area (Å²) >= 11 is 0. The third kappa shape index (κ3) is 7.33. The number of morpholine rings is 1. The second-order valence-corrected chi connectivity index (χ2v) is 7.84. The highest BCUT2D eigenvalue weighted by Crippen LogP contribution is 2.17. The van der Waals surface area contributed by atoms with Gasteiger partial charge in [0.2, 0.25) is 5.91 Å². The van der Waals surface area contributed by atoms with Gasteiger partial charge in [0.1, 0.15) is 0 Å². The Balaban J connectivity index is 1.44. The molecule has 3 rings (SSSR count). The number of benzene rings is 1. The Kier molecular flexibility index (Phi) is 8.77. The SMILES string of the molecule is CN=C(NCC(=O)NC1CCCCC1)NCc1ccccc1CN1CCOCC1. The third-order valence-electron chi connectivity index (χ3n) is 5.67. The van der Waals surface area contributed by atoms with Gasteiger partial charge >= 0.3 is 0 Å². The summed E-state index contributed by atoms with van der Waals surface area (Å²) in [6, 6.07) is 8.81. The standard InChI is InChI=1S/C22H35N5O2/c1-23-22(25-16-21(28)26-20-9-3-2-4-10-20)24-15-18-7-5-6-8-19(18)17-27-11-13-29-14-12-27/h5-8,20H,2-4,9-17H2,1H3,(H,26,28)(H2,23,24,25). The molecule has 7 heteroatoms. The molecule has 1 aromatic rings. The summed E-state index contributed by atoms with van der Waals surface area (Å²) in [7, 11) is 1.73. The number of ether oxygens (including phenoxy) is 1. The number of carbonyl (C=O) groups excluding carboxylic acids is 1. The van der Waals surface area contributed by atoms with Crippen molar-refractivity contribution in [1.29, 1.82) is 0 Å². The highest BCUT2D eigenvalue weighted by atomic mass is 16.5. The minimum atomic E-state index is 0.0348. The van der Waals surface area contributed by atoms with Crippen molar-refractivity contribution in [3.63, 3.8) is 0 Å². The highest BCUT2D eigenvalue weighted by molar-refractivity contribution is 5.86. The van der Waals surface area contributed by atoms with Crippen LogP contribution in [0.25, 0.3) is 0 Å². The van der Waals surface area contributed by atoms with Crippen LogP contribution in [0.2, 0.25) is 0 Å². The number of hydrogen-bond acceptors (Lipinski definition) is 4. The molecule has 29 heavy (non-hydrogen) atoms. The maximum atomic E-state index is 12.2. The van der Waals surface area contributed by atoms with Crippen LogP contribution in [0.5, 0.6) is 0 Å². The first-order valence-electron chi connectivity index (χ1n) is 10.9. The molecule has 0 radical (unpaired) electrons. The van der Waals surface area contributed by atoms with Crippen LogP contribution in [0.1, 0.15) is 43.2 Å². The van der Waals surface area contributed by atoms with Gasteiger partial charge in [-0.3, -0.25) is 14.7 Å². The molecule has 0 unspecified atom stereocenters. The zero-order valence-corrected chi connectivity index (χ0v) is 17.6. The van der Waals surface area contributed by atoms with Gasteiger partial charge in [-0.25, -0.2) is 0 Å². The van der Waals surface area contributed by atoms with Gasteiger partial charge in [0.15, 0.2) is 5.96 Å². The zero-order chi connectivity index (χ0) is 20.3. The number of aliphatic imine (C=N–C) groups is 1. The van der Waals surface area contributed by atoms with Crippen LogP contribution in [0.4, 0.5) is 0 Å². The number of carbonyl (C=O) groups is 1. The van der Waals surface area contributed by atoms with E-state index in [4.69, 9.17) is 4.74 Å². The lowest BCUT2D eigenvalue weighted by atomic mass is 9.95. The number of nitrogens with one attached hydrogen (secondary N) is 3. The maximum Gasteiger partial charge on any atom is 0.239 e. The van der Waals surface area contributed by atoms with Crippen molar-refractivity contribution in [2.24, 2.45) is 4.99 Å². The minimum absolute atomic E-state index is 0.0348. The Morgan fingerprint density at radius 2 is 1.83 bits per heavy atom. The molecule has 7 nitrogen and oxygen atoms in total. The first-order valence-corrected chi connectivity index (χ1v) is 10.9. The normalized spacial score (nSPS) is 19.0. The third-order valence-corrected chi connectivity index (χ3v) is 5.67. The molecule has 1 aliphatic carbocycles. The van der Waals surface area contributed by atoms with Gasteiger partial charge in [0.25, 0.3) is 0 Å². The summed E-state index contributed by atoms with van der Waals surface area (Å²) in [5.74, 6) is 0.678. The van der Waals surface area contributed by atoms with Crippen LogP contribution >= 0.6 is 0 Å². The zero-order valence-electron chi connectivity index (χ0n) is 17.6. The summed E-state index contributed by atoms with van der Waals surface area (Å²) in [5, 5.41) is 9.59. The lowest BCUT2D eigenvalue weighted by Gasteiger charge is -2.27. The van der Waals surface area contributed by atoms with Crippen LogP contribution in [0.3, 0.4) is 0 Å². The van der Waals surface area contributed by atoms with Gasteiger partial charge in [-0.2, -0.15) is 0 Å². The molecule has 1 aliphatic heterocycles. The highest BCUT2D eigenvalue weighted by Gasteiger charge is 2.16. The van der Waals surface area contributed by atoms with Crippen LogP contribution < -0.4 is 16.0 Å². The minimum Gasteiger partial charge on any atom is -0.379 e. The van der Waals surface area contributed by atoms with Gasteiger partial charge < -0.3 is 20.7 Å². The predicted octanol–water partition coefficient (Wildman–Crippen LogP) is 1.63. The van der Waals surface area contributed by atoms with Crippen molar-refractivity contribution in [3.8, 4) is 0 Å². The van der Waals surface area contributed by atoms with E-state index in [0.29, 0.717) is 18.5 Å². The number of rotatable bonds is 7. The summed E-state index contributed by atoms with van der Waals surface area (Å²) in [6.45, 7) is 5.40. The number of nitrogens with zero attached hydrogens (tertiary/aromatic N) is 2. The lowest BCUT2D eigenvalue weighted by molar-refractivity contribution is -0.120. The number of amides is 1. The predicted molar refractivity (Wildman–Crippen MR) is 116 cm³/mol. The average molecular weight is 402 g/mol. The lowest BCUT2D eigenvalue weighted by Crippen LogP contribution is -2.45. The molecule has 1 heterocycles. The molecule has 2 fully saturated rings. The molecule has 1 aromatic carbocycles. The van der Waals surface area contributed by atoms with E-state index < -0.39 is 0 Å². The monoisotopic (exact) mass is 401 g/mol. The first kappa shape index (κ1) is 21.6. The molecule has 0 bridgehead atoms. The fraction of sp³-hybridized carbons (Fsp3) is 0.636. The van der Waals surface area contributed by atoms with Gasteiger partial charge in [-0.1, -0.05) is 43.5 Å². The fourth-order valence-corrected chi connectivity index (χ4v) is 3.97. The smallest absolute Gasteiger partial charge is 0.239 e. The Hall–Kier alpha value is -2.12. The summed E-state index contributed by atoms with van der Waals surface area (Å²) < 4.78 is 5.44. The topological polar surface area (TPSA) is 78.0 Å². The van der Waals surface area contributed by atoms with E-state index in [1.54, 1.807) is 7.05 Å². The van der Waals surface area contributed by atoms with Crippen molar-refractivity contribution in [2.75, 3.05) is 39.9 Å². The molecule has 2 aliphatic rings. The van der Waals surface area contributed by atoms with Gasteiger partial charge in [-0.05, 0) is 24.0 Å². The van der Waals surface area contributed by atoms with E-state index >= 15 is 0 Å². The average Bonchev–Trinajstić information content (AvgIpc) is 2.76. The van der Waals surface area contributed by atoms with Crippen molar-refractivity contribution in [1.82, 2.24) is 20.9 Å². The van der Waals surface area contributed by atoms with Crippen LogP contribution in [-0.4, -0.2) is 62.7 Å². The molecule has 160 valence electrons. The maximum absolute atomic E-state index is 12.2. The summed E-state index contributed by atoms with van der Waals surface area (Å²) in [4.78, 5) is 18.9. The molecule has 0 spiro atoms. The Morgan fingerprint density at radius 3 is 2.55 bits per heavy atom. The number of guanidine groups is 1. The molecule has 1 amide bonds. The van der Waals surface area contributed by atoms with Crippen molar-refractivity contribution in [3.05, 3.63) is 35.4 Å². The molecule has 0 atom stereocenters. The van der Waals surface area contributed by atoms with Gasteiger partial charge in [0, 0.05) is 39.3 Å². The molecule has 3 N–H and O–H groups in total. The van der Waals surface area contributed by atoms with E-state index in [1.165, 1.54) is 30.4 Å². The first-order chi connectivity index (χ1) is 14.2. The molecule has 0 aromatic heterocycles. The Labute approximate surface area is 174 Å². The summed E-state index contributed by atoms with van der Waals surface area (Å²) in [5.41, 5.74) is 2.56. The largest absolute Gasteiger partial charge is 0.379 e. The molecular formula is C22H35N5O2. The van der Waals surface area contributed by atoms with E-state index in [1.807, 2.05) is 0 Å². The number of hydrogen-bond donors (Lipinski definition) is 3. The second-order valence-electron chi connectivity index (χ2n) is 7.84. The summed E-state index contributed by atoms with van der Waals surface area (Å²) in [6.07, 6.45) is 5.91. The molecule has 1 saturated carbocycles. The van der Waals surface area contributed by atoms with E-state index in [0.717, 1.165) is 45.7 Å². The Morgan fingerprint density at radius 1 is 1.10 bits per heavy atom. The second kappa shape index (κ2) is 11.8. The van der Waals surface area contributed by atoms with Gasteiger partial charge in [0.05, 0.1) is 19.8 Å². The van der Waals surface area contributed by atoms with E-state index in [-0.39, 0.29) is 12.5 Å².